The molecular weight excluding hydrogens is 197 g/mol. The first-order valence-corrected chi connectivity index (χ1v) is 2.71. The molecule has 4 nitrogen and oxygen atoms in total. The van der Waals surface area contributed by atoms with Gasteiger partial charge in [0.15, 0.2) is 0 Å². The van der Waals surface area contributed by atoms with E-state index < -0.39 is 0 Å². The monoisotopic (exact) mass is 202 g/mol. The number of para-hydroxylation sites is 1. The van der Waals surface area contributed by atoms with Crippen molar-refractivity contribution in [3.8, 4) is 0 Å². The van der Waals surface area contributed by atoms with Crippen LogP contribution in [0.1, 0.15) is 0 Å². The predicted octanol–water partition coefficient (Wildman–Crippen LogP) is 1.88. The molecule has 1 rings (SSSR count). The third kappa shape index (κ3) is 2.37. The topological polar surface area (TPSA) is 61.7 Å². The summed E-state index contributed by atoms with van der Waals surface area (Å²) < 4.78 is 0. The normalized spacial score (nSPS) is 8.09. The maximum absolute atomic E-state index is 9.99. The number of anilines is 1. The van der Waals surface area contributed by atoms with Gasteiger partial charge in [0.05, 0.1) is 5.69 Å². The first-order chi connectivity index (χ1) is 4.88. The van der Waals surface area contributed by atoms with Gasteiger partial charge in [0.2, 0.25) is 0 Å². The van der Waals surface area contributed by atoms with Gasteiger partial charge in [-0.2, -0.15) is 0 Å². The van der Waals surface area contributed by atoms with E-state index in [1.54, 1.807) is 18.2 Å². The molecule has 0 aromatic heterocycles. The molecular formula is C6H6N2O2Zn. The Balaban J connectivity index is 0.000001000. The zero-order valence-corrected chi connectivity index (χ0v) is 8.79. The van der Waals surface area contributed by atoms with Crippen LogP contribution in [0.5, 0.6) is 0 Å². The minimum atomic E-state index is 0. The van der Waals surface area contributed by atoms with Crippen LogP contribution in [0.2, 0.25) is 0 Å². The van der Waals surface area contributed by atoms with E-state index in [1.165, 1.54) is 6.07 Å². The minimum absolute atomic E-state index is 0. The van der Waals surface area contributed by atoms with E-state index >= 15 is 0 Å². The number of nitroso groups, excluding NO2 is 1. The van der Waals surface area contributed by atoms with Crippen molar-refractivity contribution in [1.29, 1.82) is 0 Å². The Bertz CT molecular complexity index is 242. The summed E-state index contributed by atoms with van der Waals surface area (Å²) in [5, 5.41) is 11.1. The van der Waals surface area contributed by atoms with Gasteiger partial charge in [-0.15, -0.1) is 4.91 Å². The van der Waals surface area contributed by atoms with Crippen molar-refractivity contribution in [3.63, 3.8) is 0 Å². The first kappa shape index (κ1) is 10.2. The summed E-state index contributed by atoms with van der Waals surface area (Å²) in [4.78, 5) is 9.99. The van der Waals surface area contributed by atoms with Crippen LogP contribution < -0.4 is 5.48 Å². The number of rotatable bonds is 2. The van der Waals surface area contributed by atoms with Gasteiger partial charge < -0.3 is 0 Å². The molecule has 0 bridgehead atoms. The first-order valence-electron chi connectivity index (χ1n) is 2.71. The van der Waals surface area contributed by atoms with Crippen LogP contribution in [0.15, 0.2) is 29.4 Å². The predicted molar refractivity (Wildman–Crippen MR) is 37.3 cm³/mol. The molecule has 0 saturated carbocycles. The fourth-order valence-electron chi connectivity index (χ4n) is 0.648. The van der Waals surface area contributed by atoms with Crippen LogP contribution in [0.3, 0.4) is 0 Å². The molecule has 5 heteroatoms. The maximum Gasteiger partial charge on any atom is 0.133 e. The van der Waals surface area contributed by atoms with Gasteiger partial charge in [0.1, 0.15) is 5.69 Å². The average Bonchev–Trinajstić information content (AvgIpc) is 2.04. The van der Waals surface area contributed by atoms with Crippen molar-refractivity contribution in [1.82, 2.24) is 0 Å². The molecule has 0 radical (unpaired) electrons. The Morgan fingerprint density at radius 2 is 2.00 bits per heavy atom. The summed E-state index contributed by atoms with van der Waals surface area (Å²) in [5.74, 6) is 0. The smallest absolute Gasteiger partial charge is 0.133 e. The van der Waals surface area contributed by atoms with Crippen molar-refractivity contribution < 1.29 is 24.7 Å². The van der Waals surface area contributed by atoms with Gasteiger partial charge in [-0.1, -0.05) is 12.1 Å². The number of benzene rings is 1. The van der Waals surface area contributed by atoms with E-state index in [-0.39, 0.29) is 25.2 Å². The van der Waals surface area contributed by atoms with Crippen LogP contribution in [-0.4, -0.2) is 5.21 Å². The molecule has 0 unspecified atom stereocenters. The van der Waals surface area contributed by atoms with Crippen LogP contribution in [-0.2, 0) is 19.5 Å². The average molecular weight is 204 g/mol. The second-order valence-electron chi connectivity index (χ2n) is 1.72. The van der Waals surface area contributed by atoms with Gasteiger partial charge in [-0.05, 0) is 17.3 Å². The molecule has 0 spiro atoms. The molecule has 1 aromatic rings. The fraction of sp³-hybridized carbons (Fsp3) is 0. The summed E-state index contributed by atoms with van der Waals surface area (Å²) >= 11 is 0. The van der Waals surface area contributed by atoms with E-state index in [9.17, 15) is 4.91 Å². The Morgan fingerprint density at radius 1 is 1.36 bits per heavy atom. The van der Waals surface area contributed by atoms with Crippen LogP contribution >= 0.6 is 0 Å². The van der Waals surface area contributed by atoms with Crippen molar-refractivity contribution in [3.05, 3.63) is 29.2 Å². The van der Waals surface area contributed by atoms with Crippen molar-refractivity contribution >= 4 is 11.4 Å². The molecule has 0 fully saturated rings. The molecule has 0 aliphatic carbocycles. The van der Waals surface area contributed by atoms with Crippen LogP contribution in [0, 0.1) is 4.91 Å². The number of hydrogen-bond acceptors (Lipinski definition) is 4. The Morgan fingerprint density at radius 3 is 2.45 bits per heavy atom. The number of nitrogens with one attached hydrogen (secondary N) is 1. The number of nitrogens with zero attached hydrogens (tertiary/aromatic N) is 1. The molecule has 0 aliphatic heterocycles. The van der Waals surface area contributed by atoms with Crippen LogP contribution in [0.4, 0.5) is 11.4 Å². The molecule has 54 valence electrons. The second-order valence-corrected chi connectivity index (χ2v) is 1.72. The number of hydrogen-bond donors (Lipinski definition) is 2. The zero-order chi connectivity index (χ0) is 7.40. The molecule has 11 heavy (non-hydrogen) atoms. The summed E-state index contributed by atoms with van der Waals surface area (Å²) in [6.07, 6.45) is 0. The third-order valence-corrected chi connectivity index (χ3v) is 1.12. The van der Waals surface area contributed by atoms with Crippen molar-refractivity contribution in [2.45, 2.75) is 0 Å². The Labute approximate surface area is 76.3 Å². The van der Waals surface area contributed by atoms with E-state index in [0.717, 1.165) is 0 Å². The summed E-state index contributed by atoms with van der Waals surface area (Å²) in [6, 6.07) is 6.41. The minimum Gasteiger partial charge on any atom is -0.291 e. The molecule has 0 amide bonds. The maximum atomic E-state index is 9.99. The Kier molecular flexibility index (Phi) is 4.58. The summed E-state index contributed by atoms with van der Waals surface area (Å²) in [5.41, 5.74) is 2.37. The standard InChI is InChI=1S/C6H6N2O2.Zn/c9-7-5-3-1-2-4-6(5)8-10;/h1-4,7,9H;. The third-order valence-electron chi connectivity index (χ3n) is 1.12. The Hall–Kier alpha value is -0.797. The molecule has 0 atom stereocenters. The zero-order valence-electron chi connectivity index (χ0n) is 5.82. The molecule has 1 aromatic carbocycles. The largest absolute Gasteiger partial charge is 0.291 e. The van der Waals surface area contributed by atoms with Crippen molar-refractivity contribution in [2.75, 3.05) is 5.48 Å². The van der Waals surface area contributed by atoms with Gasteiger partial charge in [-0.3, -0.25) is 10.7 Å². The van der Waals surface area contributed by atoms with E-state index in [1.807, 2.05) is 5.48 Å². The van der Waals surface area contributed by atoms with Crippen molar-refractivity contribution in [2.24, 2.45) is 5.18 Å². The van der Waals surface area contributed by atoms with Crippen LogP contribution in [0.25, 0.3) is 0 Å². The van der Waals surface area contributed by atoms with Gasteiger partial charge in [-0.25, -0.2) is 0 Å². The van der Waals surface area contributed by atoms with E-state index in [2.05, 4.69) is 5.18 Å². The second kappa shape index (κ2) is 4.93. The summed E-state index contributed by atoms with van der Waals surface area (Å²) in [6.45, 7) is 0. The van der Waals surface area contributed by atoms with Gasteiger partial charge in [0, 0.05) is 19.5 Å². The van der Waals surface area contributed by atoms with Gasteiger partial charge in [0.25, 0.3) is 0 Å². The quantitative estimate of drug-likeness (QED) is 0.438. The fourth-order valence-corrected chi connectivity index (χ4v) is 0.648. The molecule has 0 aliphatic rings. The van der Waals surface area contributed by atoms with E-state index in [0.29, 0.717) is 5.69 Å². The van der Waals surface area contributed by atoms with Gasteiger partial charge >= 0.3 is 0 Å². The van der Waals surface area contributed by atoms with E-state index in [4.69, 9.17) is 5.21 Å². The molecule has 2 N–H and O–H groups in total. The summed E-state index contributed by atoms with van der Waals surface area (Å²) in [7, 11) is 0. The molecule has 0 saturated heterocycles. The SMILES string of the molecule is O=Nc1ccccc1NO.[Zn]. The molecule has 0 heterocycles.